The summed E-state index contributed by atoms with van der Waals surface area (Å²) in [6.45, 7) is 5.38. The molecule has 0 radical (unpaired) electrons. The van der Waals surface area contributed by atoms with E-state index in [4.69, 9.17) is 10.00 Å². The zero-order valence-corrected chi connectivity index (χ0v) is 15.4. The predicted octanol–water partition coefficient (Wildman–Crippen LogP) is 3.22. The van der Waals surface area contributed by atoms with Gasteiger partial charge in [0.05, 0.1) is 17.3 Å². The SMILES string of the molecule is CC(C)(C)OC(=O)Cn1nnc(-c2ccncc2)c1-c1ccc(C#N)cc1. The zero-order chi connectivity index (χ0) is 19.4. The van der Waals surface area contributed by atoms with Gasteiger partial charge < -0.3 is 4.74 Å². The van der Waals surface area contributed by atoms with Crippen molar-refractivity contribution in [3.8, 4) is 28.6 Å². The predicted molar refractivity (Wildman–Crippen MR) is 99.2 cm³/mol. The van der Waals surface area contributed by atoms with Gasteiger partial charge in [0.2, 0.25) is 0 Å². The second-order valence-electron chi connectivity index (χ2n) is 6.96. The largest absolute Gasteiger partial charge is 0.459 e. The van der Waals surface area contributed by atoms with Crippen molar-refractivity contribution in [1.29, 1.82) is 5.26 Å². The molecular weight excluding hydrogens is 342 g/mol. The van der Waals surface area contributed by atoms with Crippen molar-refractivity contribution >= 4 is 5.97 Å². The standard InChI is InChI=1S/C20H19N5O2/c1-20(2,3)27-17(26)13-25-19(16-6-4-14(12-21)5-7-16)18(23-24-25)15-8-10-22-11-9-15/h4-11H,13H2,1-3H3. The summed E-state index contributed by atoms with van der Waals surface area (Å²) in [6, 6.07) is 12.8. The van der Waals surface area contributed by atoms with E-state index < -0.39 is 11.6 Å². The number of benzene rings is 1. The highest BCUT2D eigenvalue weighted by molar-refractivity contribution is 5.79. The molecule has 0 aliphatic carbocycles. The third-order valence-electron chi connectivity index (χ3n) is 3.68. The number of rotatable bonds is 4. The summed E-state index contributed by atoms with van der Waals surface area (Å²) in [4.78, 5) is 16.3. The fourth-order valence-corrected chi connectivity index (χ4v) is 2.61. The first kappa shape index (κ1) is 18.3. The fraction of sp³-hybridized carbons (Fsp3) is 0.250. The summed E-state index contributed by atoms with van der Waals surface area (Å²) in [6.07, 6.45) is 3.34. The summed E-state index contributed by atoms with van der Waals surface area (Å²) in [5, 5.41) is 17.5. The smallest absolute Gasteiger partial charge is 0.328 e. The molecule has 0 spiro atoms. The third-order valence-corrected chi connectivity index (χ3v) is 3.68. The van der Waals surface area contributed by atoms with Crippen molar-refractivity contribution in [1.82, 2.24) is 20.0 Å². The van der Waals surface area contributed by atoms with Crippen LogP contribution in [-0.2, 0) is 16.1 Å². The average molecular weight is 361 g/mol. The number of ether oxygens (including phenoxy) is 1. The van der Waals surface area contributed by atoms with Crippen LogP contribution >= 0.6 is 0 Å². The summed E-state index contributed by atoms with van der Waals surface area (Å²) in [5.41, 5.74) is 2.91. The van der Waals surface area contributed by atoms with E-state index in [-0.39, 0.29) is 6.54 Å². The molecule has 0 aliphatic heterocycles. The molecule has 3 aromatic rings. The van der Waals surface area contributed by atoms with Crippen LogP contribution in [0.25, 0.3) is 22.5 Å². The van der Waals surface area contributed by atoms with Crippen molar-refractivity contribution in [3.63, 3.8) is 0 Å². The zero-order valence-electron chi connectivity index (χ0n) is 15.4. The number of carbonyl (C=O) groups excluding carboxylic acids is 1. The van der Waals surface area contributed by atoms with E-state index >= 15 is 0 Å². The second kappa shape index (κ2) is 7.38. The van der Waals surface area contributed by atoms with Crippen LogP contribution in [0.3, 0.4) is 0 Å². The molecule has 0 saturated carbocycles. The highest BCUT2D eigenvalue weighted by Gasteiger charge is 2.22. The monoisotopic (exact) mass is 361 g/mol. The Kier molecular flexibility index (Phi) is 4.99. The molecule has 0 saturated heterocycles. The third kappa shape index (κ3) is 4.36. The number of pyridine rings is 1. The van der Waals surface area contributed by atoms with Crippen molar-refractivity contribution in [2.24, 2.45) is 0 Å². The highest BCUT2D eigenvalue weighted by Crippen LogP contribution is 2.30. The van der Waals surface area contributed by atoms with Crippen molar-refractivity contribution in [2.45, 2.75) is 32.9 Å². The molecule has 27 heavy (non-hydrogen) atoms. The summed E-state index contributed by atoms with van der Waals surface area (Å²) < 4.78 is 6.92. The molecule has 0 bridgehead atoms. The second-order valence-corrected chi connectivity index (χ2v) is 6.96. The first-order chi connectivity index (χ1) is 12.9. The molecule has 2 heterocycles. The molecule has 0 unspecified atom stereocenters. The minimum absolute atomic E-state index is 0.0648. The van der Waals surface area contributed by atoms with Crippen molar-refractivity contribution < 1.29 is 9.53 Å². The number of hydrogen-bond acceptors (Lipinski definition) is 6. The van der Waals surface area contributed by atoms with Crippen LogP contribution in [0.1, 0.15) is 26.3 Å². The Hall–Kier alpha value is -3.53. The number of nitrogens with zero attached hydrogens (tertiary/aromatic N) is 5. The highest BCUT2D eigenvalue weighted by atomic mass is 16.6. The quantitative estimate of drug-likeness (QED) is 0.662. The van der Waals surface area contributed by atoms with Gasteiger partial charge in [0.25, 0.3) is 0 Å². The minimum Gasteiger partial charge on any atom is -0.459 e. The van der Waals surface area contributed by atoms with Gasteiger partial charge in [-0.05, 0) is 45.0 Å². The Morgan fingerprint density at radius 1 is 1.11 bits per heavy atom. The molecule has 7 heteroatoms. The van der Waals surface area contributed by atoms with E-state index in [0.29, 0.717) is 17.0 Å². The molecule has 0 aliphatic rings. The van der Waals surface area contributed by atoms with Crippen LogP contribution < -0.4 is 0 Å². The van der Waals surface area contributed by atoms with E-state index in [1.807, 2.05) is 45.0 Å². The van der Waals surface area contributed by atoms with Crippen LogP contribution in [0.5, 0.6) is 0 Å². The summed E-state index contributed by atoms with van der Waals surface area (Å²) >= 11 is 0. The fourth-order valence-electron chi connectivity index (χ4n) is 2.61. The van der Waals surface area contributed by atoms with Crippen molar-refractivity contribution in [3.05, 3.63) is 54.4 Å². The number of hydrogen-bond donors (Lipinski definition) is 0. The van der Waals surface area contributed by atoms with Gasteiger partial charge in [-0.1, -0.05) is 17.3 Å². The maximum Gasteiger partial charge on any atom is 0.328 e. The molecule has 3 rings (SSSR count). The van der Waals surface area contributed by atoms with Gasteiger partial charge in [-0.25, -0.2) is 4.68 Å². The van der Waals surface area contributed by atoms with E-state index in [9.17, 15) is 4.79 Å². The lowest BCUT2D eigenvalue weighted by atomic mass is 10.0. The van der Waals surface area contributed by atoms with Crippen LogP contribution in [0.4, 0.5) is 0 Å². The van der Waals surface area contributed by atoms with Gasteiger partial charge >= 0.3 is 5.97 Å². The average Bonchev–Trinajstić information content (AvgIpc) is 3.04. The Bertz CT molecular complexity index is 980. The first-order valence-electron chi connectivity index (χ1n) is 8.43. The van der Waals surface area contributed by atoms with Gasteiger partial charge in [-0.3, -0.25) is 9.78 Å². The molecule has 1 aromatic carbocycles. The molecule has 0 fully saturated rings. The number of esters is 1. The van der Waals surface area contributed by atoms with Crippen LogP contribution in [-0.4, -0.2) is 31.5 Å². The van der Waals surface area contributed by atoms with Gasteiger partial charge in [-0.15, -0.1) is 5.10 Å². The van der Waals surface area contributed by atoms with E-state index in [2.05, 4.69) is 21.4 Å². The Labute approximate surface area is 157 Å². The first-order valence-corrected chi connectivity index (χ1v) is 8.43. The Morgan fingerprint density at radius 3 is 2.37 bits per heavy atom. The molecule has 7 nitrogen and oxygen atoms in total. The number of carbonyl (C=O) groups is 1. The minimum atomic E-state index is -0.583. The van der Waals surface area contributed by atoms with Crippen LogP contribution in [0, 0.1) is 11.3 Å². The lowest BCUT2D eigenvalue weighted by Gasteiger charge is -2.19. The molecule has 0 N–H and O–H groups in total. The maximum absolute atomic E-state index is 12.3. The van der Waals surface area contributed by atoms with E-state index in [0.717, 1.165) is 11.1 Å². The lowest BCUT2D eigenvalue weighted by Crippen LogP contribution is -2.27. The normalized spacial score (nSPS) is 11.0. The molecule has 0 atom stereocenters. The molecule has 136 valence electrons. The van der Waals surface area contributed by atoms with E-state index in [1.165, 1.54) is 4.68 Å². The van der Waals surface area contributed by atoms with Gasteiger partial charge in [0, 0.05) is 23.5 Å². The summed E-state index contributed by atoms with van der Waals surface area (Å²) in [7, 11) is 0. The van der Waals surface area contributed by atoms with Crippen LogP contribution in [0.15, 0.2) is 48.8 Å². The van der Waals surface area contributed by atoms with Gasteiger partial charge in [-0.2, -0.15) is 5.26 Å². The summed E-state index contributed by atoms with van der Waals surface area (Å²) in [5.74, 6) is -0.399. The van der Waals surface area contributed by atoms with E-state index in [1.54, 1.807) is 24.5 Å². The van der Waals surface area contributed by atoms with Gasteiger partial charge in [0.15, 0.2) is 0 Å². The molecule has 0 amide bonds. The maximum atomic E-state index is 12.3. The Balaban J connectivity index is 2.04. The Morgan fingerprint density at radius 2 is 1.78 bits per heavy atom. The number of nitriles is 1. The lowest BCUT2D eigenvalue weighted by molar-refractivity contribution is -0.155. The van der Waals surface area contributed by atoms with Gasteiger partial charge in [0.1, 0.15) is 17.8 Å². The molecule has 2 aromatic heterocycles. The van der Waals surface area contributed by atoms with Crippen molar-refractivity contribution in [2.75, 3.05) is 0 Å². The topological polar surface area (TPSA) is 93.7 Å². The number of aromatic nitrogens is 4. The van der Waals surface area contributed by atoms with Crippen LogP contribution in [0.2, 0.25) is 0 Å². The molecular formula is C20H19N5O2.